The van der Waals surface area contributed by atoms with Crippen LogP contribution in [0.1, 0.15) is 18.5 Å². The van der Waals surface area contributed by atoms with E-state index in [1.807, 2.05) is 19.4 Å². The summed E-state index contributed by atoms with van der Waals surface area (Å²) in [5.41, 5.74) is 4.44. The fourth-order valence-electron chi connectivity index (χ4n) is 5.24. The van der Waals surface area contributed by atoms with Crippen molar-refractivity contribution < 1.29 is 4.79 Å². The van der Waals surface area contributed by atoms with E-state index in [-0.39, 0.29) is 11.5 Å². The zero-order valence-electron chi connectivity index (χ0n) is 18.5. The van der Waals surface area contributed by atoms with Gasteiger partial charge in [-0.1, -0.05) is 0 Å². The van der Waals surface area contributed by atoms with Crippen molar-refractivity contribution in [3.63, 3.8) is 0 Å². The van der Waals surface area contributed by atoms with Gasteiger partial charge in [-0.05, 0) is 31.9 Å². The number of anilines is 1. The molecule has 0 spiro atoms. The molecule has 0 aliphatic carbocycles. The van der Waals surface area contributed by atoms with Crippen LogP contribution in [0.4, 0.5) is 5.69 Å². The van der Waals surface area contributed by atoms with Gasteiger partial charge in [0.15, 0.2) is 0 Å². The fraction of sp³-hybridized carbons (Fsp3) is 0.348. The molecule has 7 heterocycles. The van der Waals surface area contributed by atoms with Crippen molar-refractivity contribution in [2.45, 2.75) is 25.8 Å². The summed E-state index contributed by atoms with van der Waals surface area (Å²) in [7, 11) is 2.05. The molecular formula is C23H22N8O2S. The Morgan fingerprint density at radius 2 is 2.18 bits per heavy atom. The molecule has 0 aromatic carbocycles. The number of hydrogen-bond donors (Lipinski definition) is 2. The molecule has 0 unspecified atom stereocenters. The van der Waals surface area contributed by atoms with Gasteiger partial charge in [-0.2, -0.15) is 10.2 Å². The van der Waals surface area contributed by atoms with Crippen molar-refractivity contribution >= 4 is 49.7 Å². The van der Waals surface area contributed by atoms with E-state index in [0.717, 1.165) is 47.7 Å². The Labute approximate surface area is 197 Å². The van der Waals surface area contributed by atoms with E-state index in [9.17, 15) is 9.59 Å². The minimum absolute atomic E-state index is 0.0376. The SMILES string of the molecule is CN1CC(CC(=O)Nc2cnc3c(c2)[nH]c(=O)c2c3nn3cc(-c4cnn5c4CCC5)sc23)C1. The standard InChI is InChI=1S/C23H22N8O2S/c1-29-9-12(10-29)5-18(32)26-13-6-15-20(24-7-13)21-19(22(33)27-15)23-31(28-21)11-17(34-23)14-8-25-30-4-2-3-16(14)30/h6-8,11-12H,2-5,9-10H2,1H3,(H,26,32)(H,27,33). The van der Waals surface area contributed by atoms with Crippen molar-refractivity contribution in [3.05, 3.63) is 40.7 Å². The number of H-pyrrole nitrogens is 1. The van der Waals surface area contributed by atoms with Gasteiger partial charge in [0.25, 0.3) is 5.56 Å². The molecule has 172 valence electrons. The number of thiazole rings is 1. The number of pyridine rings is 2. The first kappa shape index (κ1) is 19.9. The molecule has 2 aliphatic heterocycles. The predicted molar refractivity (Wildman–Crippen MR) is 130 cm³/mol. The van der Waals surface area contributed by atoms with Gasteiger partial charge >= 0.3 is 0 Å². The van der Waals surface area contributed by atoms with Gasteiger partial charge in [0.2, 0.25) is 5.91 Å². The van der Waals surface area contributed by atoms with Crippen molar-refractivity contribution in [2.24, 2.45) is 5.92 Å². The first-order chi connectivity index (χ1) is 16.5. The number of fused-ring (bicyclic) bond motifs is 6. The molecule has 2 N–H and O–H groups in total. The number of nitrogens with zero attached hydrogens (tertiary/aromatic N) is 6. The third kappa shape index (κ3) is 3.00. The van der Waals surface area contributed by atoms with Crippen LogP contribution in [0.15, 0.2) is 29.5 Å². The summed E-state index contributed by atoms with van der Waals surface area (Å²) in [6, 6.07) is 1.75. The number of aryl methyl sites for hydroxylation is 1. The third-order valence-corrected chi connectivity index (χ3v) is 7.92. The van der Waals surface area contributed by atoms with Gasteiger partial charge in [0, 0.05) is 43.5 Å². The van der Waals surface area contributed by atoms with Gasteiger partial charge in [-0.25, -0.2) is 4.52 Å². The average Bonchev–Trinajstić information content (AvgIpc) is 3.52. The summed E-state index contributed by atoms with van der Waals surface area (Å²) in [5.74, 6) is 0.356. The van der Waals surface area contributed by atoms with Crippen LogP contribution in [-0.4, -0.2) is 60.3 Å². The predicted octanol–water partition coefficient (Wildman–Crippen LogP) is 2.49. The highest BCUT2D eigenvalue weighted by Crippen LogP contribution is 2.36. The molecule has 7 rings (SSSR count). The van der Waals surface area contributed by atoms with Crippen LogP contribution in [-0.2, 0) is 17.8 Å². The first-order valence-electron chi connectivity index (χ1n) is 11.4. The summed E-state index contributed by atoms with van der Waals surface area (Å²) in [5, 5.41) is 12.6. The van der Waals surface area contributed by atoms with E-state index >= 15 is 0 Å². The lowest BCUT2D eigenvalue weighted by Gasteiger charge is -2.35. The molecule has 1 fully saturated rings. The van der Waals surface area contributed by atoms with Gasteiger partial charge in [0.1, 0.15) is 21.3 Å². The van der Waals surface area contributed by atoms with Crippen LogP contribution in [0, 0.1) is 5.92 Å². The number of nitrogens with one attached hydrogen (secondary N) is 2. The molecule has 34 heavy (non-hydrogen) atoms. The molecular weight excluding hydrogens is 452 g/mol. The van der Waals surface area contributed by atoms with E-state index in [0.29, 0.717) is 40.0 Å². The minimum atomic E-state index is -0.214. The number of rotatable bonds is 4. The maximum absolute atomic E-state index is 13.1. The van der Waals surface area contributed by atoms with Crippen LogP contribution in [0.2, 0.25) is 0 Å². The van der Waals surface area contributed by atoms with Crippen LogP contribution in [0.3, 0.4) is 0 Å². The quantitative estimate of drug-likeness (QED) is 0.414. The Morgan fingerprint density at radius 3 is 3.03 bits per heavy atom. The monoisotopic (exact) mass is 474 g/mol. The van der Waals surface area contributed by atoms with E-state index in [1.165, 1.54) is 5.69 Å². The summed E-state index contributed by atoms with van der Waals surface area (Å²) in [6.07, 6.45) is 8.11. The van der Waals surface area contributed by atoms with Gasteiger partial charge in [-0.3, -0.25) is 19.3 Å². The maximum Gasteiger partial charge on any atom is 0.261 e. The van der Waals surface area contributed by atoms with Crippen LogP contribution < -0.4 is 10.9 Å². The lowest BCUT2D eigenvalue weighted by Crippen LogP contribution is -2.45. The number of likely N-dealkylation sites (tertiary alicyclic amines) is 1. The molecule has 0 bridgehead atoms. The van der Waals surface area contributed by atoms with Crippen molar-refractivity contribution in [3.8, 4) is 10.4 Å². The molecule has 5 aromatic heterocycles. The Balaban J connectivity index is 1.25. The average molecular weight is 475 g/mol. The molecule has 11 heteroatoms. The summed E-state index contributed by atoms with van der Waals surface area (Å²) in [4.78, 5) is 37.0. The number of carbonyl (C=O) groups is 1. The second-order valence-electron chi connectivity index (χ2n) is 9.31. The normalized spacial score (nSPS) is 16.5. The van der Waals surface area contributed by atoms with Crippen LogP contribution in [0.25, 0.3) is 37.2 Å². The molecule has 0 atom stereocenters. The van der Waals surface area contributed by atoms with E-state index in [2.05, 4.69) is 30.0 Å². The lowest BCUT2D eigenvalue weighted by atomic mass is 9.97. The highest BCUT2D eigenvalue weighted by molar-refractivity contribution is 7.21. The molecule has 1 amide bonds. The number of aromatic nitrogens is 6. The third-order valence-electron chi connectivity index (χ3n) is 6.80. The van der Waals surface area contributed by atoms with Crippen LogP contribution >= 0.6 is 11.3 Å². The molecule has 10 nitrogen and oxygen atoms in total. The van der Waals surface area contributed by atoms with Crippen LogP contribution in [0.5, 0.6) is 0 Å². The second kappa shape index (κ2) is 7.21. The summed E-state index contributed by atoms with van der Waals surface area (Å²) in [6.45, 7) is 2.84. The minimum Gasteiger partial charge on any atom is -0.325 e. The number of aromatic amines is 1. The highest BCUT2D eigenvalue weighted by Gasteiger charge is 2.26. The Morgan fingerprint density at radius 1 is 1.29 bits per heavy atom. The smallest absolute Gasteiger partial charge is 0.261 e. The largest absolute Gasteiger partial charge is 0.325 e. The van der Waals surface area contributed by atoms with Gasteiger partial charge in [-0.15, -0.1) is 11.3 Å². The molecule has 0 radical (unpaired) electrons. The molecule has 0 saturated carbocycles. The van der Waals surface area contributed by atoms with Crippen molar-refractivity contribution in [1.82, 2.24) is 34.3 Å². The molecule has 2 aliphatic rings. The fourth-order valence-corrected chi connectivity index (χ4v) is 6.36. The lowest BCUT2D eigenvalue weighted by molar-refractivity contribution is -0.118. The summed E-state index contributed by atoms with van der Waals surface area (Å²) < 4.78 is 3.83. The maximum atomic E-state index is 13.1. The van der Waals surface area contributed by atoms with E-state index in [1.54, 1.807) is 28.1 Å². The highest BCUT2D eigenvalue weighted by atomic mass is 32.1. The summed E-state index contributed by atoms with van der Waals surface area (Å²) >= 11 is 1.54. The number of carbonyl (C=O) groups excluding carboxylic acids is 1. The van der Waals surface area contributed by atoms with Gasteiger partial charge in [0.05, 0.1) is 28.5 Å². The van der Waals surface area contributed by atoms with E-state index in [4.69, 9.17) is 5.10 Å². The Bertz CT molecular complexity index is 1670. The van der Waals surface area contributed by atoms with E-state index < -0.39 is 0 Å². The Hall–Kier alpha value is -3.57. The first-order valence-corrected chi connectivity index (χ1v) is 12.2. The topological polar surface area (TPSA) is 113 Å². The number of amides is 1. The zero-order valence-corrected chi connectivity index (χ0v) is 19.4. The molecule has 1 saturated heterocycles. The van der Waals surface area contributed by atoms with Gasteiger partial charge < -0.3 is 15.2 Å². The Kier molecular flexibility index (Phi) is 4.21. The van der Waals surface area contributed by atoms with Crippen molar-refractivity contribution in [2.75, 3.05) is 25.5 Å². The van der Waals surface area contributed by atoms with Crippen molar-refractivity contribution in [1.29, 1.82) is 0 Å². The molecule has 5 aromatic rings. The second-order valence-corrected chi connectivity index (χ2v) is 10.3. The zero-order chi connectivity index (χ0) is 23.0. The number of hydrogen-bond acceptors (Lipinski definition) is 7.